The molecule has 5 heteroatoms. The Kier molecular flexibility index (Phi) is 8.52. The highest BCUT2D eigenvalue weighted by molar-refractivity contribution is 5.93. The van der Waals surface area contributed by atoms with Gasteiger partial charge < -0.3 is 10.2 Å². The molecule has 0 saturated carbocycles. The van der Waals surface area contributed by atoms with Crippen LogP contribution in [0.5, 0.6) is 0 Å². The van der Waals surface area contributed by atoms with E-state index in [0.717, 1.165) is 49.2 Å². The van der Waals surface area contributed by atoms with E-state index in [1.807, 2.05) is 47.9 Å². The van der Waals surface area contributed by atoms with E-state index in [1.54, 1.807) is 0 Å². The van der Waals surface area contributed by atoms with Crippen LogP contribution in [0.3, 0.4) is 0 Å². The average Bonchev–Trinajstić information content (AvgIpc) is 2.65. The highest BCUT2D eigenvalue weighted by Gasteiger charge is 2.21. The lowest BCUT2D eigenvalue weighted by atomic mass is 10.0. The summed E-state index contributed by atoms with van der Waals surface area (Å²) in [6.45, 7) is 7.97. The van der Waals surface area contributed by atoms with Gasteiger partial charge in [0.05, 0.1) is 13.1 Å². The molecule has 148 valence electrons. The Balaban J connectivity index is 1.97. The van der Waals surface area contributed by atoms with Gasteiger partial charge in [-0.1, -0.05) is 31.2 Å². The minimum Gasteiger partial charge on any atom is -0.325 e. The van der Waals surface area contributed by atoms with E-state index in [0.29, 0.717) is 6.54 Å². The highest BCUT2D eigenvalue weighted by Crippen LogP contribution is 2.21. The van der Waals surface area contributed by atoms with Crippen molar-refractivity contribution in [2.45, 2.75) is 52.9 Å². The third kappa shape index (κ3) is 6.51. The van der Waals surface area contributed by atoms with Crippen LogP contribution in [0.15, 0.2) is 36.0 Å². The molecular formula is C22H33N3O2. The Bertz CT molecular complexity index is 669. The fraction of sp³-hybridized carbons (Fsp3) is 0.545. The molecule has 0 spiro atoms. The van der Waals surface area contributed by atoms with Crippen LogP contribution in [0, 0.1) is 6.92 Å². The molecule has 0 unspecified atom stereocenters. The molecule has 1 aliphatic carbocycles. The van der Waals surface area contributed by atoms with Crippen LogP contribution in [-0.2, 0) is 9.59 Å². The predicted molar refractivity (Wildman–Crippen MR) is 110 cm³/mol. The number of para-hydroxylation sites is 1. The zero-order valence-electron chi connectivity index (χ0n) is 17.0. The summed E-state index contributed by atoms with van der Waals surface area (Å²) >= 11 is 0. The predicted octanol–water partition coefficient (Wildman–Crippen LogP) is 3.95. The summed E-state index contributed by atoms with van der Waals surface area (Å²) in [5.74, 6) is 0.00766. The van der Waals surface area contributed by atoms with E-state index < -0.39 is 0 Å². The van der Waals surface area contributed by atoms with Crippen molar-refractivity contribution in [2.75, 3.05) is 31.5 Å². The lowest BCUT2D eigenvalue weighted by Crippen LogP contribution is -2.43. The van der Waals surface area contributed by atoms with Gasteiger partial charge in [-0.05, 0) is 64.1 Å². The van der Waals surface area contributed by atoms with E-state index in [2.05, 4.69) is 18.3 Å². The van der Waals surface area contributed by atoms with Crippen LogP contribution in [0.4, 0.5) is 5.69 Å². The first kappa shape index (κ1) is 21.2. The molecule has 0 radical (unpaired) electrons. The Morgan fingerprint density at radius 3 is 2.52 bits per heavy atom. The van der Waals surface area contributed by atoms with Crippen molar-refractivity contribution in [3.8, 4) is 0 Å². The van der Waals surface area contributed by atoms with E-state index in [-0.39, 0.29) is 24.9 Å². The Morgan fingerprint density at radius 2 is 1.89 bits per heavy atom. The van der Waals surface area contributed by atoms with Crippen molar-refractivity contribution >= 4 is 17.5 Å². The summed E-state index contributed by atoms with van der Waals surface area (Å²) in [5, 5.41) is 2.96. The van der Waals surface area contributed by atoms with Gasteiger partial charge >= 0.3 is 0 Å². The van der Waals surface area contributed by atoms with Crippen LogP contribution in [-0.4, -0.2) is 47.8 Å². The topological polar surface area (TPSA) is 52.7 Å². The molecule has 1 aromatic carbocycles. The summed E-state index contributed by atoms with van der Waals surface area (Å²) in [4.78, 5) is 29.2. The van der Waals surface area contributed by atoms with Crippen molar-refractivity contribution in [1.82, 2.24) is 9.80 Å². The zero-order chi connectivity index (χ0) is 19.6. The lowest BCUT2D eigenvalue weighted by Gasteiger charge is -2.29. The first-order valence-electron chi connectivity index (χ1n) is 10.1. The summed E-state index contributed by atoms with van der Waals surface area (Å²) in [7, 11) is 0. The van der Waals surface area contributed by atoms with Crippen molar-refractivity contribution in [2.24, 2.45) is 0 Å². The maximum atomic E-state index is 12.9. The number of nitrogens with zero attached hydrogens (tertiary/aromatic N) is 2. The Hall–Kier alpha value is -2.14. The fourth-order valence-corrected chi connectivity index (χ4v) is 3.52. The van der Waals surface area contributed by atoms with Gasteiger partial charge in [-0.25, -0.2) is 0 Å². The number of aryl methyl sites for hydroxylation is 1. The van der Waals surface area contributed by atoms with Gasteiger partial charge in [-0.3, -0.25) is 14.5 Å². The van der Waals surface area contributed by atoms with Gasteiger partial charge in [0.1, 0.15) is 0 Å². The van der Waals surface area contributed by atoms with E-state index in [1.165, 1.54) is 6.42 Å². The standard InChI is InChI=1S/C22H33N3O2/c1-4-15-24(16-21(26)23-20-14-10-9-11-18(20)3)17-22(27)25(5-2)19-12-7-6-8-13-19/h9-12,14H,4-8,13,15-17H2,1-3H3,(H,23,26). The molecule has 27 heavy (non-hydrogen) atoms. The van der Waals surface area contributed by atoms with Gasteiger partial charge in [0.15, 0.2) is 0 Å². The lowest BCUT2D eigenvalue weighted by molar-refractivity contribution is -0.131. The minimum atomic E-state index is -0.0783. The molecule has 0 bridgehead atoms. The molecule has 1 aliphatic rings. The second-order valence-electron chi connectivity index (χ2n) is 7.15. The van der Waals surface area contributed by atoms with E-state index in [4.69, 9.17) is 0 Å². The Labute approximate surface area is 163 Å². The molecule has 0 aromatic heterocycles. The first-order valence-corrected chi connectivity index (χ1v) is 10.1. The molecule has 2 amide bonds. The van der Waals surface area contributed by atoms with Crippen LogP contribution in [0.1, 0.15) is 51.5 Å². The molecule has 1 aromatic rings. The number of rotatable bonds is 9. The number of benzene rings is 1. The van der Waals surface area contributed by atoms with Crippen molar-refractivity contribution in [3.05, 3.63) is 41.6 Å². The highest BCUT2D eigenvalue weighted by atomic mass is 16.2. The van der Waals surface area contributed by atoms with Gasteiger partial charge in [0.25, 0.3) is 0 Å². The number of carbonyl (C=O) groups excluding carboxylic acids is 2. The second-order valence-corrected chi connectivity index (χ2v) is 7.15. The number of hydrogen-bond acceptors (Lipinski definition) is 3. The van der Waals surface area contributed by atoms with Crippen molar-refractivity contribution < 1.29 is 9.59 Å². The molecule has 5 nitrogen and oxygen atoms in total. The van der Waals surface area contributed by atoms with Crippen LogP contribution in [0.25, 0.3) is 0 Å². The molecule has 1 N–H and O–H groups in total. The number of carbonyl (C=O) groups is 2. The quantitative estimate of drug-likeness (QED) is 0.715. The number of likely N-dealkylation sites (N-methyl/N-ethyl adjacent to an activating group) is 1. The maximum Gasteiger partial charge on any atom is 0.240 e. The van der Waals surface area contributed by atoms with Crippen molar-refractivity contribution in [3.63, 3.8) is 0 Å². The zero-order valence-corrected chi connectivity index (χ0v) is 17.0. The molecule has 0 aliphatic heterocycles. The number of anilines is 1. The molecule has 0 heterocycles. The molecular weight excluding hydrogens is 338 g/mol. The van der Waals surface area contributed by atoms with E-state index >= 15 is 0 Å². The largest absolute Gasteiger partial charge is 0.325 e. The smallest absolute Gasteiger partial charge is 0.240 e. The number of amides is 2. The Morgan fingerprint density at radius 1 is 1.11 bits per heavy atom. The summed E-state index contributed by atoms with van der Waals surface area (Å²) in [6.07, 6.45) is 7.47. The maximum absolute atomic E-state index is 12.9. The third-order valence-electron chi connectivity index (χ3n) is 4.92. The summed E-state index contributed by atoms with van der Waals surface area (Å²) in [6, 6.07) is 7.73. The molecule has 0 saturated heterocycles. The fourth-order valence-electron chi connectivity index (χ4n) is 3.52. The third-order valence-corrected chi connectivity index (χ3v) is 4.92. The van der Waals surface area contributed by atoms with Crippen LogP contribution in [0.2, 0.25) is 0 Å². The first-order chi connectivity index (χ1) is 13.0. The number of allylic oxidation sites excluding steroid dienone is 2. The van der Waals surface area contributed by atoms with Gasteiger partial charge in [-0.15, -0.1) is 0 Å². The second kappa shape index (κ2) is 10.9. The summed E-state index contributed by atoms with van der Waals surface area (Å²) in [5.41, 5.74) is 3.01. The molecule has 0 fully saturated rings. The van der Waals surface area contributed by atoms with E-state index in [9.17, 15) is 9.59 Å². The van der Waals surface area contributed by atoms with Gasteiger partial charge in [0.2, 0.25) is 11.8 Å². The molecule has 0 atom stereocenters. The summed E-state index contributed by atoms with van der Waals surface area (Å²) < 4.78 is 0. The van der Waals surface area contributed by atoms with Crippen LogP contribution < -0.4 is 5.32 Å². The number of hydrogen-bond donors (Lipinski definition) is 1. The SMILES string of the molecule is CCCN(CC(=O)Nc1ccccc1C)CC(=O)N(CC)C1=CCCCC1. The molecule has 2 rings (SSSR count). The van der Waals surface area contributed by atoms with Gasteiger partial charge in [-0.2, -0.15) is 0 Å². The van der Waals surface area contributed by atoms with Crippen LogP contribution >= 0.6 is 0 Å². The normalized spacial score (nSPS) is 14.0. The van der Waals surface area contributed by atoms with Gasteiger partial charge in [0, 0.05) is 17.9 Å². The number of nitrogens with one attached hydrogen (secondary N) is 1. The van der Waals surface area contributed by atoms with Crippen molar-refractivity contribution in [1.29, 1.82) is 0 Å². The average molecular weight is 372 g/mol. The monoisotopic (exact) mass is 371 g/mol. The minimum absolute atomic E-state index is 0.0783.